The molecular formula is C23H20F3N5O4. The van der Waals surface area contributed by atoms with Crippen LogP contribution in [0.4, 0.5) is 23.7 Å². The number of hydrogen-bond donors (Lipinski definition) is 1. The van der Waals surface area contributed by atoms with Crippen molar-refractivity contribution >= 4 is 22.9 Å². The van der Waals surface area contributed by atoms with Crippen molar-refractivity contribution in [3.63, 3.8) is 0 Å². The van der Waals surface area contributed by atoms with Crippen molar-refractivity contribution in [3.05, 3.63) is 56.5 Å². The van der Waals surface area contributed by atoms with Crippen LogP contribution < -0.4 is 16.1 Å². The van der Waals surface area contributed by atoms with E-state index in [1.807, 2.05) is 0 Å². The molecule has 0 unspecified atom stereocenters. The smallest absolute Gasteiger partial charge is 0.418 e. The van der Waals surface area contributed by atoms with Crippen LogP contribution in [-0.2, 0) is 10.9 Å². The number of anilines is 1. The number of halogens is 3. The lowest BCUT2D eigenvalue weighted by atomic mass is 10.1. The number of para-hydroxylation sites is 1. The molecule has 0 spiro atoms. The third-order valence-corrected chi connectivity index (χ3v) is 5.90. The maximum Gasteiger partial charge on any atom is 0.418 e. The zero-order chi connectivity index (χ0) is 24.9. The fourth-order valence-electron chi connectivity index (χ4n) is 3.90. The van der Waals surface area contributed by atoms with E-state index >= 15 is 0 Å². The lowest BCUT2D eigenvalue weighted by molar-refractivity contribution is -0.137. The predicted molar refractivity (Wildman–Crippen MR) is 119 cm³/mol. The van der Waals surface area contributed by atoms with E-state index in [9.17, 15) is 27.6 Å². The summed E-state index contributed by atoms with van der Waals surface area (Å²) >= 11 is 0. The largest absolute Gasteiger partial charge is 0.436 e. The Kier molecular flexibility index (Phi) is 5.42. The molecule has 0 saturated heterocycles. The van der Waals surface area contributed by atoms with E-state index in [1.54, 1.807) is 0 Å². The van der Waals surface area contributed by atoms with Gasteiger partial charge < -0.3 is 9.72 Å². The van der Waals surface area contributed by atoms with Crippen LogP contribution in [0, 0.1) is 11.8 Å². The first-order chi connectivity index (χ1) is 16.7. The molecule has 9 nitrogen and oxygen atoms in total. The number of carbonyl (C=O) groups is 1. The molecule has 2 fully saturated rings. The fourth-order valence-corrected chi connectivity index (χ4v) is 3.90. The molecule has 0 aliphatic heterocycles. The van der Waals surface area contributed by atoms with Gasteiger partial charge in [0.1, 0.15) is 0 Å². The third-order valence-electron chi connectivity index (χ3n) is 5.90. The summed E-state index contributed by atoms with van der Waals surface area (Å²) in [6.07, 6.45) is -2.44. The molecule has 0 radical (unpaired) electrons. The number of alkyl halides is 3. The van der Waals surface area contributed by atoms with E-state index in [-0.39, 0.29) is 40.4 Å². The number of rotatable bonds is 4. The first-order valence-electron chi connectivity index (χ1n) is 11.0. The molecule has 3 aromatic rings. The quantitative estimate of drug-likeness (QED) is 0.570. The van der Waals surface area contributed by atoms with E-state index < -0.39 is 30.0 Å². The van der Waals surface area contributed by atoms with Crippen LogP contribution in [0.5, 0.6) is 0 Å². The molecule has 2 aliphatic carbocycles. The number of aromatic nitrogens is 4. The molecule has 2 aromatic heterocycles. The van der Waals surface area contributed by atoms with E-state index in [4.69, 9.17) is 4.74 Å². The Bertz CT molecular complexity index is 1500. The van der Waals surface area contributed by atoms with Crippen molar-refractivity contribution < 1.29 is 22.7 Å². The number of amides is 1. The van der Waals surface area contributed by atoms with Gasteiger partial charge in [-0.1, -0.05) is 18.1 Å². The van der Waals surface area contributed by atoms with E-state index in [0.717, 1.165) is 42.7 Å². The summed E-state index contributed by atoms with van der Waals surface area (Å²) in [6, 6.07) is 4.55. The van der Waals surface area contributed by atoms with Gasteiger partial charge in [0.05, 0.1) is 11.3 Å². The summed E-state index contributed by atoms with van der Waals surface area (Å²) in [5.74, 6) is 5.32. The molecule has 1 N–H and O–H groups in total. The van der Waals surface area contributed by atoms with Crippen molar-refractivity contribution in [2.24, 2.45) is 0 Å². The minimum atomic E-state index is -4.63. The summed E-state index contributed by atoms with van der Waals surface area (Å²) in [4.78, 5) is 45.9. The van der Waals surface area contributed by atoms with Crippen molar-refractivity contribution in [2.75, 3.05) is 18.6 Å². The van der Waals surface area contributed by atoms with Crippen LogP contribution in [-0.4, -0.2) is 38.8 Å². The zero-order valence-electron chi connectivity index (χ0n) is 18.6. The number of hydrogen-bond acceptors (Lipinski definition) is 5. The van der Waals surface area contributed by atoms with Gasteiger partial charge in [0.15, 0.2) is 23.6 Å². The van der Waals surface area contributed by atoms with Crippen molar-refractivity contribution in [1.82, 2.24) is 19.1 Å². The fraction of sp³-hybridized carbons (Fsp3) is 0.391. The Morgan fingerprint density at radius 3 is 2.49 bits per heavy atom. The van der Waals surface area contributed by atoms with Gasteiger partial charge in [-0.25, -0.2) is 14.6 Å². The van der Waals surface area contributed by atoms with Crippen molar-refractivity contribution in [2.45, 2.75) is 43.9 Å². The first-order valence-corrected chi connectivity index (χ1v) is 11.0. The lowest BCUT2D eigenvalue weighted by Gasteiger charge is -2.20. The van der Waals surface area contributed by atoms with Gasteiger partial charge in [-0.05, 0) is 43.7 Å². The van der Waals surface area contributed by atoms with E-state index in [0.29, 0.717) is 0 Å². The number of imidazole rings is 1. The summed E-state index contributed by atoms with van der Waals surface area (Å²) in [6.45, 7) is -0.420. The van der Waals surface area contributed by atoms with Gasteiger partial charge in [0, 0.05) is 19.1 Å². The predicted octanol–water partition coefficient (Wildman–Crippen LogP) is 3.20. The highest BCUT2D eigenvalue weighted by atomic mass is 19.4. The third kappa shape index (κ3) is 4.29. The van der Waals surface area contributed by atoms with Gasteiger partial charge in [-0.3, -0.25) is 18.8 Å². The highest BCUT2D eigenvalue weighted by Crippen LogP contribution is 2.37. The van der Waals surface area contributed by atoms with Crippen LogP contribution in [0.15, 0.2) is 33.9 Å². The second-order valence-corrected chi connectivity index (χ2v) is 8.50. The molecule has 2 aliphatic rings. The van der Waals surface area contributed by atoms with Crippen LogP contribution in [0.2, 0.25) is 0 Å². The summed E-state index contributed by atoms with van der Waals surface area (Å²) < 4.78 is 47.4. The van der Waals surface area contributed by atoms with Crippen LogP contribution in [0.25, 0.3) is 11.2 Å². The topological polar surface area (TPSA) is 102 Å². The maximum atomic E-state index is 13.2. The average Bonchev–Trinajstić information content (AvgIpc) is 3.75. The van der Waals surface area contributed by atoms with Gasteiger partial charge in [0.2, 0.25) is 0 Å². The second kappa shape index (κ2) is 8.33. The molecule has 35 heavy (non-hydrogen) atoms. The van der Waals surface area contributed by atoms with Crippen LogP contribution >= 0.6 is 0 Å². The number of ether oxygens (including phenoxy) is 1. The standard InChI is InChI=1S/C23H20F3N5O4/c1-29(16-6-3-2-5-15(16)23(24,25)26)22(34)35-12-4-7-17-27-18-19(28-17)30(13-8-9-13)21(33)31(20(18)32)14-10-11-14/h2-3,5-6,13-14H,8-12H2,1H3,(H,27,28). The molecule has 1 aromatic carbocycles. The van der Waals surface area contributed by atoms with E-state index in [1.165, 1.54) is 28.3 Å². The molecule has 0 atom stereocenters. The molecule has 2 saturated carbocycles. The van der Waals surface area contributed by atoms with Gasteiger partial charge in [0.25, 0.3) is 5.56 Å². The molecular weight excluding hydrogens is 467 g/mol. The number of nitrogens with one attached hydrogen (secondary N) is 1. The monoisotopic (exact) mass is 487 g/mol. The lowest BCUT2D eigenvalue weighted by Crippen LogP contribution is -2.39. The number of H-pyrrole nitrogens is 1. The Morgan fingerprint density at radius 2 is 1.83 bits per heavy atom. The number of nitrogens with zero attached hydrogens (tertiary/aromatic N) is 4. The van der Waals surface area contributed by atoms with Crippen molar-refractivity contribution in [3.8, 4) is 11.8 Å². The Morgan fingerprint density at radius 1 is 1.17 bits per heavy atom. The highest BCUT2D eigenvalue weighted by Gasteiger charge is 2.36. The second-order valence-electron chi connectivity index (χ2n) is 8.50. The van der Waals surface area contributed by atoms with Gasteiger partial charge in [-0.15, -0.1) is 0 Å². The zero-order valence-corrected chi connectivity index (χ0v) is 18.6. The first kappa shape index (κ1) is 22.8. The normalized spacial score (nSPS) is 15.5. The van der Waals surface area contributed by atoms with Crippen LogP contribution in [0.1, 0.15) is 49.2 Å². The number of carbonyl (C=O) groups excluding carboxylic acids is 1. The summed E-state index contributed by atoms with van der Waals surface area (Å²) in [7, 11) is 1.17. The molecule has 0 bridgehead atoms. The minimum absolute atomic E-state index is 0.00391. The minimum Gasteiger partial charge on any atom is -0.436 e. The van der Waals surface area contributed by atoms with Gasteiger partial charge >= 0.3 is 18.0 Å². The van der Waals surface area contributed by atoms with Gasteiger partial charge in [-0.2, -0.15) is 13.2 Å². The molecule has 2 heterocycles. The highest BCUT2D eigenvalue weighted by molar-refractivity contribution is 5.88. The number of benzene rings is 1. The average molecular weight is 487 g/mol. The Balaban J connectivity index is 1.34. The number of fused-ring (bicyclic) bond motifs is 1. The number of aromatic amines is 1. The van der Waals surface area contributed by atoms with Crippen LogP contribution in [0.3, 0.4) is 0 Å². The van der Waals surface area contributed by atoms with Crippen molar-refractivity contribution in [1.29, 1.82) is 0 Å². The SMILES string of the molecule is CN(C(=O)OCC#Cc1nc2c([nH]1)c(=O)n(C1CC1)c(=O)n2C1CC1)c1ccccc1C(F)(F)F. The van der Waals surface area contributed by atoms with E-state index in [2.05, 4.69) is 21.8 Å². The Hall–Kier alpha value is -4.01. The molecule has 1 amide bonds. The maximum absolute atomic E-state index is 13.2. The Labute approximate surface area is 196 Å². The summed E-state index contributed by atoms with van der Waals surface area (Å²) in [5, 5.41) is 0. The summed E-state index contributed by atoms with van der Waals surface area (Å²) in [5.41, 5.74) is -1.69. The molecule has 12 heteroatoms. The molecule has 5 rings (SSSR count). The molecule has 182 valence electrons.